The van der Waals surface area contributed by atoms with Gasteiger partial charge in [0.1, 0.15) is 0 Å². The third-order valence-electron chi connectivity index (χ3n) is 3.00. The molecular formula is C14H19N3S. The average molecular weight is 261 g/mol. The molecule has 1 unspecified atom stereocenters. The summed E-state index contributed by atoms with van der Waals surface area (Å²) in [6, 6.07) is 8.31. The van der Waals surface area contributed by atoms with Gasteiger partial charge in [-0.3, -0.25) is 0 Å². The molecule has 0 saturated carbocycles. The Morgan fingerprint density at radius 2 is 2.06 bits per heavy atom. The Morgan fingerprint density at radius 3 is 2.61 bits per heavy atom. The van der Waals surface area contributed by atoms with E-state index in [1.54, 1.807) is 11.3 Å². The molecule has 1 aromatic carbocycles. The summed E-state index contributed by atoms with van der Waals surface area (Å²) < 4.78 is 0. The molecule has 2 rings (SSSR count). The van der Waals surface area contributed by atoms with Gasteiger partial charge in [0.05, 0.1) is 16.7 Å². The van der Waals surface area contributed by atoms with Gasteiger partial charge in [-0.15, -0.1) is 11.3 Å². The number of rotatable bonds is 5. The monoisotopic (exact) mass is 261 g/mol. The first-order chi connectivity index (χ1) is 8.72. The van der Waals surface area contributed by atoms with Crippen LogP contribution in [-0.4, -0.2) is 12.0 Å². The Labute approximate surface area is 112 Å². The van der Waals surface area contributed by atoms with Gasteiger partial charge in [-0.25, -0.2) is 4.98 Å². The Bertz CT molecular complexity index is 490. The van der Waals surface area contributed by atoms with Gasteiger partial charge in [0.25, 0.3) is 0 Å². The first-order valence-electron chi connectivity index (χ1n) is 6.19. The Balaban J connectivity index is 2.11. The van der Waals surface area contributed by atoms with Crippen LogP contribution in [0.25, 0.3) is 0 Å². The maximum absolute atomic E-state index is 5.70. The number of hydrogen-bond acceptors (Lipinski definition) is 4. The lowest BCUT2D eigenvalue weighted by molar-refractivity contribution is 0.577. The molecule has 2 aromatic rings. The summed E-state index contributed by atoms with van der Waals surface area (Å²) in [7, 11) is 1.98. The van der Waals surface area contributed by atoms with E-state index in [1.165, 1.54) is 10.6 Å². The lowest BCUT2D eigenvalue weighted by Gasteiger charge is -2.14. The first-order valence-corrected chi connectivity index (χ1v) is 7.07. The van der Waals surface area contributed by atoms with Gasteiger partial charge < -0.3 is 11.1 Å². The summed E-state index contributed by atoms with van der Waals surface area (Å²) in [5, 5.41) is 6.68. The van der Waals surface area contributed by atoms with E-state index in [4.69, 9.17) is 5.73 Å². The Hall–Kier alpha value is -1.39. The summed E-state index contributed by atoms with van der Waals surface area (Å²) in [6.45, 7) is 2.14. The molecule has 1 atom stereocenters. The lowest BCUT2D eigenvalue weighted by atomic mass is 10.0. The molecule has 0 aliphatic rings. The molecule has 0 bridgehead atoms. The first kappa shape index (κ1) is 13.1. The zero-order valence-corrected chi connectivity index (χ0v) is 11.6. The molecule has 0 saturated heterocycles. The number of thiazole rings is 1. The lowest BCUT2D eigenvalue weighted by Crippen LogP contribution is -2.19. The largest absolute Gasteiger partial charge is 0.399 e. The van der Waals surface area contributed by atoms with E-state index in [0.717, 1.165) is 24.2 Å². The summed E-state index contributed by atoms with van der Waals surface area (Å²) in [4.78, 5) is 4.64. The van der Waals surface area contributed by atoms with Gasteiger partial charge in [0.15, 0.2) is 0 Å². The summed E-state index contributed by atoms with van der Waals surface area (Å²) >= 11 is 1.74. The second kappa shape index (κ2) is 5.98. The minimum atomic E-state index is 0.269. The molecule has 0 aliphatic carbocycles. The van der Waals surface area contributed by atoms with Crippen LogP contribution in [0.2, 0.25) is 0 Å². The highest BCUT2D eigenvalue weighted by Gasteiger charge is 2.13. The number of nitrogen functional groups attached to an aromatic ring is 1. The highest BCUT2D eigenvalue weighted by atomic mass is 32.1. The fourth-order valence-corrected chi connectivity index (χ4v) is 2.69. The van der Waals surface area contributed by atoms with Crippen LogP contribution in [0.4, 0.5) is 5.69 Å². The third-order valence-corrected chi connectivity index (χ3v) is 4.01. The van der Waals surface area contributed by atoms with Crippen molar-refractivity contribution in [2.75, 3.05) is 12.8 Å². The maximum Gasteiger partial charge on any atom is 0.0926 e. The molecule has 1 heterocycles. The average Bonchev–Trinajstić information content (AvgIpc) is 2.87. The molecule has 3 nitrogen and oxygen atoms in total. The fraction of sp³-hybridized carbons (Fsp3) is 0.357. The van der Waals surface area contributed by atoms with Crippen molar-refractivity contribution in [3.63, 3.8) is 0 Å². The second-order valence-electron chi connectivity index (χ2n) is 4.31. The van der Waals surface area contributed by atoms with Gasteiger partial charge in [-0.2, -0.15) is 0 Å². The molecule has 96 valence electrons. The number of likely N-dealkylation sites (N-methyl/N-ethyl adjacent to an activating group) is 1. The number of hydrogen-bond donors (Lipinski definition) is 2. The second-order valence-corrected chi connectivity index (χ2v) is 5.25. The number of benzene rings is 1. The number of nitrogens with two attached hydrogens (primary N) is 1. The molecule has 0 amide bonds. The van der Waals surface area contributed by atoms with E-state index in [1.807, 2.05) is 19.2 Å². The number of aromatic nitrogens is 1. The van der Waals surface area contributed by atoms with Crippen molar-refractivity contribution in [3.05, 3.63) is 45.9 Å². The zero-order chi connectivity index (χ0) is 13.0. The molecule has 3 N–H and O–H groups in total. The van der Waals surface area contributed by atoms with Crippen molar-refractivity contribution in [2.24, 2.45) is 0 Å². The van der Waals surface area contributed by atoms with Crippen LogP contribution in [0.5, 0.6) is 0 Å². The Morgan fingerprint density at radius 1 is 1.33 bits per heavy atom. The molecule has 18 heavy (non-hydrogen) atoms. The molecule has 0 aliphatic heterocycles. The fourth-order valence-electron chi connectivity index (χ4n) is 1.89. The number of nitrogens with one attached hydrogen (secondary N) is 1. The van der Waals surface area contributed by atoms with Gasteiger partial charge in [0, 0.05) is 11.1 Å². The summed E-state index contributed by atoms with van der Waals surface area (Å²) in [6.07, 6.45) is 1.94. The quantitative estimate of drug-likeness (QED) is 0.814. The Kier molecular flexibility index (Phi) is 4.33. The minimum Gasteiger partial charge on any atom is -0.399 e. The van der Waals surface area contributed by atoms with Crippen molar-refractivity contribution < 1.29 is 0 Å². The van der Waals surface area contributed by atoms with Gasteiger partial charge >= 0.3 is 0 Å². The van der Waals surface area contributed by atoms with Crippen LogP contribution >= 0.6 is 11.3 Å². The van der Waals surface area contributed by atoms with Gasteiger partial charge in [0.2, 0.25) is 0 Å². The third kappa shape index (κ3) is 3.09. The van der Waals surface area contributed by atoms with Gasteiger partial charge in [-0.1, -0.05) is 19.1 Å². The van der Waals surface area contributed by atoms with E-state index in [-0.39, 0.29) is 6.04 Å². The standard InChI is InChI=1S/C14H19N3S/c1-3-14-17-13(9-18-14)12(16-2)8-10-4-6-11(15)7-5-10/h4-7,9,12,16H,3,8,15H2,1-2H3. The van der Waals surface area contributed by atoms with Crippen LogP contribution in [0.15, 0.2) is 29.6 Å². The molecule has 1 aromatic heterocycles. The van der Waals surface area contributed by atoms with Crippen molar-refractivity contribution in [1.82, 2.24) is 10.3 Å². The van der Waals surface area contributed by atoms with Crippen LogP contribution in [0.1, 0.15) is 29.2 Å². The molecular weight excluding hydrogens is 242 g/mol. The van der Waals surface area contributed by atoms with Crippen molar-refractivity contribution >= 4 is 17.0 Å². The minimum absolute atomic E-state index is 0.269. The van der Waals surface area contributed by atoms with Crippen LogP contribution in [0.3, 0.4) is 0 Å². The van der Waals surface area contributed by atoms with Crippen molar-refractivity contribution in [3.8, 4) is 0 Å². The highest BCUT2D eigenvalue weighted by Crippen LogP contribution is 2.21. The normalized spacial score (nSPS) is 12.6. The summed E-state index contributed by atoms with van der Waals surface area (Å²) in [5.74, 6) is 0. The highest BCUT2D eigenvalue weighted by molar-refractivity contribution is 7.09. The number of anilines is 1. The topological polar surface area (TPSA) is 50.9 Å². The van der Waals surface area contributed by atoms with Crippen LogP contribution in [0, 0.1) is 0 Å². The smallest absolute Gasteiger partial charge is 0.0926 e. The maximum atomic E-state index is 5.70. The summed E-state index contributed by atoms with van der Waals surface area (Å²) in [5.41, 5.74) is 8.91. The van der Waals surface area contributed by atoms with Crippen molar-refractivity contribution in [1.29, 1.82) is 0 Å². The van der Waals surface area contributed by atoms with Crippen LogP contribution < -0.4 is 11.1 Å². The van der Waals surface area contributed by atoms with E-state index < -0.39 is 0 Å². The molecule has 0 fully saturated rings. The predicted octanol–water partition coefficient (Wildman–Crippen LogP) is 2.79. The molecule has 0 radical (unpaired) electrons. The van der Waals surface area contributed by atoms with Crippen molar-refractivity contribution in [2.45, 2.75) is 25.8 Å². The van der Waals surface area contributed by atoms with Gasteiger partial charge in [-0.05, 0) is 37.6 Å². The van der Waals surface area contributed by atoms with E-state index in [2.05, 4.69) is 34.7 Å². The molecule has 4 heteroatoms. The number of aryl methyl sites for hydroxylation is 1. The van der Waals surface area contributed by atoms with E-state index in [9.17, 15) is 0 Å². The van der Waals surface area contributed by atoms with Crippen LogP contribution in [-0.2, 0) is 12.8 Å². The SMILES string of the molecule is CCc1nc(C(Cc2ccc(N)cc2)NC)cs1. The number of nitrogens with zero attached hydrogens (tertiary/aromatic N) is 1. The zero-order valence-electron chi connectivity index (χ0n) is 10.8. The predicted molar refractivity (Wildman–Crippen MR) is 77.9 cm³/mol. The molecule has 0 spiro atoms. The van der Waals surface area contributed by atoms with E-state index >= 15 is 0 Å². The van der Waals surface area contributed by atoms with E-state index in [0.29, 0.717) is 0 Å².